The molecule has 1 fully saturated rings. The highest BCUT2D eigenvalue weighted by molar-refractivity contribution is 5.74. The lowest BCUT2D eigenvalue weighted by molar-refractivity contribution is -0.118. The van der Waals surface area contributed by atoms with Crippen molar-refractivity contribution < 1.29 is 4.79 Å². The molecule has 1 saturated heterocycles. The molecule has 0 spiro atoms. The average molecular weight is 156 g/mol. The molecule has 1 aliphatic heterocycles. The lowest BCUT2D eigenvalue weighted by Crippen LogP contribution is -2.32. The van der Waals surface area contributed by atoms with Crippen molar-refractivity contribution in [1.82, 2.24) is 5.32 Å². The Morgan fingerprint density at radius 1 is 1.45 bits per heavy atom. The van der Waals surface area contributed by atoms with Gasteiger partial charge < -0.3 is 11.1 Å². The number of nitrogens with one attached hydrogen (secondary N) is 1. The Hall–Kier alpha value is -0.570. The summed E-state index contributed by atoms with van der Waals surface area (Å²) in [6.07, 6.45) is 5.34. The molecule has 1 unspecified atom stereocenters. The minimum absolute atomic E-state index is 0.190. The van der Waals surface area contributed by atoms with Crippen molar-refractivity contribution in [2.75, 3.05) is 6.54 Å². The summed E-state index contributed by atoms with van der Waals surface area (Å²) in [4.78, 5) is 10.6. The largest absolute Gasteiger partial charge is 0.370 e. The van der Waals surface area contributed by atoms with Crippen molar-refractivity contribution in [3.63, 3.8) is 0 Å². The first kappa shape index (κ1) is 8.53. The van der Waals surface area contributed by atoms with E-state index in [1.54, 1.807) is 0 Å². The minimum Gasteiger partial charge on any atom is -0.370 e. The number of hydrogen-bond acceptors (Lipinski definition) is 2. The smallest absolute Gasteiger partial charge is 0.218 e. The zero-order valence-corrected chi connectivity index (χ0v) is 6.81. The maximum atomic E-state index is 10.6. The second-order valence-corrected chi connectivity index (χ2v) is 3.17. The van der Waals surface area contributed by atoms with Crippen LogP contribution in [-0.4, -0.2) is 18.5 Å². The average Bonchev–Trinajstić information content (AvgIpc) is 2.14. The van der Waals surface area contributed by atoms with E-state index in [2.05, 4.69) is 5.32 Å². The fourth-order valence-corrected chi connectivity index (χ4v) is 1.52. The van der Waals surface area contributed by atoms with E-state index in [0.717, 1.165) is 13.0 Å². The Morgan fingerprint density at radius 3 is 3.00 bits per heavy atom. The molecular formula is C8H16N2O. The van der Waals surface area contributed by atoms with E-state index in [1.165, 1.54) is 19.3 Å². The minimum atomic E-state index is -0.190. The van der Waals surface area contributed by atoms with Gasteiger partial charge in [-0.1, -0.05) is 12.8 Å². The predicted molar refractivity (Wildman–Crippen MR) is 44.1 cm³/mol. The van der Waals surface area contributed by atoms with Crippen LogP contribution in [0.25, 0.3) is 0 Å². The van der Waals surface area contributed by atoms with Gasteiger partial charge in [-0.15, -0.1) is 0 Å². The van der Waals surface area contributed by atoms with Crippen LogP contribution < -0.4 is 11.1 Å². The third-order valence-electron chi connectivity index (χ3n) is 2.11. The van der Waals surface area contributed by atoms with Crippen molar-refractivity contribution in [2.24, 2.45) is 5.73 Å². The van der Waals surface area contributed by atoms with Crippen LogP contribution in [0.5, 0.6) is 0 Å². The zero-order valence-electron chi connectivity index (χ0n) is 6.81. The molecule has 0 bridgehead atoms. The van der Waals surface area contributed by atoms with E-state index >= 15 is 0 Å². The molecule has 1 heterocycles. The van der Waals surface area contributed by atoms with Gasteiger partial charge in [0.15, 0.2) is 0 Å². The van der Waals surface area contributed by atoms with Crippen molar-refractivity contribution in [3.05, 3.63) is 0 Å². The van der Waals surface area contributed by atoms with Gasteiger partial charge in [-0.2, -0.15) is 0 Å². The zero-order chi connectivity index (χ0) is 8.10. The van der Waals surface area contributed by atoms with Gasteiger partial charge in [0.2, 0.25) is 5.91 Å². The normalized spacial score (nSPS) is 26.0. The number of rotatable bonds is 2. The van der Waals surface area contributed by atoms with E-state index in [1.807, 2.05) is 0 Å². The summed E-state index contributed by atoms with van der Waals surface area (Å²) in [5.74, 6) is -0.190. The summed E-state index contributed by atoms with van der Waals surface area (Å²) >= 11 is 0. The lowest BCUT2D eigenvalue weighted by atomic mass is 10.1. The summed E-state index contributed by atoms with van der Waals surface area (Å²) in [7, 11) is 0. The van der Waals surface area contributed by atoms with Gasteiger partial charge in [0.25, 0.3) is 0 Å². The first-order valence-corrected chi connectivity index (χ1v) is 4.31. The molecule has 1 aliphatic rings. The van der Waals surface area contributed by atoms with Crippen LogP contribution in [0.1, 0.15) is 32.1 Å². The molecule has 1 rings (SSSR count). The first-order chi connectivity index (χ1) is 5.29. The van der Waals surface area contributed by atoms with Gasteiger partial charge in [0, 0.05) is 12.5 Å². The van der Waals surface area contributed by atoms with Gasteiger partial charge >= 0.3 is 0 Å². The van der Waals surface area contributed by atoms with Gasteiger partial charge in [-0.05, 0) is 19.4 Å². The molecule has 3 nitrogen and oxygen atoms in total. The molecule has 1 amide bonds. The van der Waals surface area contributed by atoms with Crippen molar-refractivity contribution in [3.8, 4) is 0 Å². The fraction of sp³-hybridized carbons (Fsp3) is 0.875. The third kappa shape index (κ3) is 3.37. The van der Waals surface area contributed by atoms with Gasteiger partial charge in [0.1, 0.15) is 0 Å². The molecular weight excluding hydrogens is 140 g/mol. The quantitative estimate of drug-likeness (QED) is 0.608. The molecule has 0 aromatic rings. The molecule has 3 heteroatoms. The number of hydrogen-bond donors (Lipinski definition) is 2. The molecule has 1 atom stereocenters. The number of amides is 1. The number of carbonyl (C=O) groups excluding carboxylic acids is 1. The van der Waals surface area contributed by atoms with Crippen LogP contribution in [0.2, 0.25) is 0 Å². The highest BCUT2D eigenvalue weighted by atomic mass is 16.1. The van der Waals surface area contributed by atoms with E-state index in [-0.39, 0.29) is 5.91 Å². The second kappa shape index (κ2) is 4.34. The van der Waals surface area contributed by atoms with Crippen LogP contribution in [0, 0.1) is 0 Å². The molecule has 0 aromatic heterocycles. The maximum Gasteiger partial charge on any atom is 0.218 e. The maximum absolute atomic E-state index is 10.6. The van der Waals surface area contributed by atoms with Crippen molar-refractivity contribution in [2.45, 2.75) is 38.1 Å². The number of primary amides is 1. The third-order valence-corrected chi connectivity index (χ3v) is 2.11. The summed E-state index contributed by atoms with van der Waals surface area (Å²) in [5.41, 5.74) is 5.10. The second-order valence-electron chi connectivity index (χ2n) is 3.17. The SMILES string of the molecule is NC(=O)CC1CCCCCN1. The summed E-state index contributed by atoms with van der Waals surface area (Å²) in [5, 5.41) is 3.31. The first-order valence-electron chi connectivity index (χ1n) is 4.31. The Labute approximate surface area is 67.3 Å². The summed E-state index contributed by atoms with van der Waals surface area (Å²) < 4.78 is 0. The summed E-state index contributed by atoms with van der Waals surface area (Å²) in [6.45, 7) is 1.04. The number of nitrogens with two attached hydrogens (primary N) is 1. The fourth-order valence-electron chi connectivity index (χ4n) is 1.52. The Kier molecular flexibility index (Phi) is 3.36. The molecule has 11 heavy (non-hydrogen) atoms. The van der Waals surface area contributed by atoms with Crippen LogP contribution in [0.4, 0.5) is 0 Å². The lowest BCUT2D eigenvalue weighted by Gasteiger charge is -2.12. The summed E-state index contributed by atoms with van der Waals surface area (Å²) in [6, 6.07) is 0.343. The molecule has 0 radical (unpaired) electrons. The van der Waals surface area contributed by atoms with Gasteiger partial charge in [0.05, 0.1) is 0 Å². The van der Waals surface area contributed by atoms with E-state index < -0.39 is 0 Å². The standard InChI is InChI=1S/C8H16N2O/c9-8(11)6-7-4-2-1-3-5-10-7/h7,10H,1-6H2,(H2,9,11). The van der Waals surface area contributed by atoms with Gasteiger partial charge in [-0.25, -0.2) is 0 Å². The molecule has 0 aromatic carbocycles. The molecule has 0 aliphatic carbocycles. The van der Waals surface area contributed by atoms with Crippen LogP contribution in [-0.2, 0) is 4.79 Å². The number of carbonyl (C=O) groups is 1. The van der Waals surface area contributed by atoms with E-state index in [4.69, 9.17) is 5.73 Å². The van der Waals surface area contributed by atoms with E-state index in [0.29, 0.717) is 12.5 Å². The van der Waals surface area contributed by atoms with Gasteiger partial charge in [-0.3, -0.25) is 4.79 Å². The van der Waals surface area contributed by atoms with Crippen LogP contribution in [0.3, 0.4) is 0 Å². The molecule has 0 saturated carbocycles. The predicted octanol–water partition coefficient (Wildman–Crippen LogP) is 0.394. The van der Waals surface area contributed by atoms with Crippen molar-refractivity contribution in [1.29, 1.82) is 0 Å². The van der Waals surface area contributed by atoms with Crippen LogP contribution >= 0.6 is 0 Å². The molecule has 3 N–H and O–H groups in total. The van der Waals surface area contributed by atoms with E-state index in [9.17, 15) is 4.79 Å². The van der Waals surface area contributed by atoms with Crippen LogP contribution in [0.15, 0.2) is 0 Å². The monoisotopic (exact) mass is 156 g/mol. The molecule has 64 valence electrons. The highest BCUT2D eigenvalue weighted by Crippen LogP contribution is 2.10. The Bertz CT molecular complexity index is 128. The van der Waals surface area contributed by atoms with Crippen molar-refractivity contribution >= 4 is 5.91 Å². The highest BCUT2D eigenvalue weighted by Gasteiger charge is 2.12. The topological polar surface area (TPSA) is 55.1 Å². The Balaban J connectivity index is 2.25. The Morgan fingerprint density at radius 2 is 2.27 bits per heavy atom.